The van der Waals surface area contributed by atoms with E-state index in [1.807, 2.05) is 12.1 Å². The maximum absolute atomic E-state index is 10.2. The predicted molar refractivity (Wildman–Crippen MR) is 89.1 cm³/mol. The molecular formula is C18H25N3O4. The van der Waals surface area contributed by atoms with Gasteiger partial charge in [-0.15, -0.1) is 0 Å². The van der Waals surface area contributed by atoms with Crippen molar-refractivity contribution in [2.45, 2.75) is 50.2 Å². The van der Waals surface area contributed by atoms with Crippen LogP contribution in [-0.2, 0) is 11.3 Å². The summed E-state index contributed by atoms with van der Waals surface area (Å²) in [4.78, 5) is 6.85. The Morgan fingerprint density at radius 1 is 1.32 bits per heavy atom. The van der Waals surface area contributed by atoms with Crippen molar-refractivity contribution in [2.24, 2.45) is 0 Å². The standard InChI is InChI=1S/C18H25N3O4/c22-15(11-23-12-16-4-2-8-24-16)10-21-7-1-3-14(9-21)17-19-18(25-20-17)13-5-6-13/h2,4,8,13-15,22H,1,3,5-7,9-12H2. The first-order valence-electron chi connectivity index (χ1n) is 9.12. The van der Waals surface area contributed by atoms with Gasteiger partial charge in [0.25, 0.3) is 0 Å². The van der Waals surface area contributed by atoms with Gasteiger partial charge < -0.3 is 18.8 Å². The van der Waals surface area contributed by atoms with E-state index < -0.39 is 6.10 Å². The normalized spacial score (nSPS) is 23.0. The number of hydrogen-bond acceptors (Lipinski definition) is 7. The van der Waals surface area contributed by atoms with Crippen LogP contribution in [0.3, 0.4) is 0 Å². The zero-order valence-electron chi connectivity index (χ0n) is 14.3. The molecule has 7 nitrogen and oxygen atoms in total. The summed E-state index contributed by atoms with van der Waals surface area (Å²) in [6.07, 6.45) is 5.60. The number of piperidine rings is 1. The first kappa shape index (κ1) is 16.8. The van der Waals surface area contributed by atoms with Gasteiger partial charge in [0.2, 0.25) is 5.89 Å². The van der Waals surface area contributed by atoms with Gasteiger partial charge in [0.15, 0.2) is 5.82 Å². The van der Waals surface area contributed by atoms with Crippen molar-refractivity contribution in [3.63, 3.8) is 0 Å². The first-order valence-corrected chi connectivity index (χ1v) is 9.12. The lowest BCUT2D eigenvalue weighted by Gasteiger charge is -2.32. The van der Waals surface area contributed by atoms with Gasteiger partial charge in [-0.3, -0.25) is 4.90 Å². The second-order valence-electron chi connectivity index (χ2n) is 7.11. The Kier molecular flexibility index (Phi) is 5.14. The van der Waals surface area contributed by atoms with E-state index in [2.05, 4.69) is 15.0 Å². The van der Waals surface area contributed by atoms with Crippen LogP contribution in [0.4, 0.5) is 0 Å². The maximum atomic E-state index is 10.2. The van der Waals surface area contributed by atoms with Crippen LogP contribution in [0.5, 0.6) is 0 Å². The molecule has 1 saturated carbocycles. The Hall–Kier alpha value is -1.70. The molecule has 0 amide bonds. The molecule has 2 atom stereocenters. The fraction of sp³-hybridized carbons (Fsp3) is 0.667. The van der Waals surface area contributed by atoms with E-state index in [1.54, 1.807) is 6.26 Å². The van der Waals surface area contributed by atoms with E-state index in [0.29, 0.717) is 31.6 Å². The number of rotatable bonds is 8. The Morgan fingerprint density at radius 2 is 2.24 bits per heavy atom. The quantitative estimate of drug-likeness (QED) is 0.784. The average molecular weight is 347 g/mol. The lowest BCUT2D eigenvalue weighted by molar-refractivity contribution is 0.00104. The molecule has 0 aromatic carbocycles. The number of nitrogens with zero attached hydrogens (tertiary/aromatic N) is 3. The Morgan fingerprint density at radius 3 is 3.04 bits per heavy atom. The van der Waals surface area contributed by atoms with Crippen molar-refractivity contribution >= 4 is 0 Å². The van der Waals surface area contributed by atoms with E-state index in [-0.39, 0.29) is 0 Å². The Balaban J connectivity index is 1.23. The molecule has 1 saturated heterocycles. The fourth-order valence-corrected chi connectivity index (χ4v) is 3.38. The van der Waals surface area contributed by atoms with E-state index in [0.717, 1.165) is 43.4 Å². The molecule has 3 heterocycles. The molecular weight excluding hydrogens is 322 g/mol. The molecule has 0 radical (unpaired) electrons. The van der Waals surface area contributed by atoms with Gasteiger partial charge in [0.1, 0.15) is 12.4 Å². The highest BCUT2D eigenvalue weighted by Gasteiger charge is 2.32. The first-order chi connectivity index (χ1) is 12.3. The highest BCUT2D eigenvalue weighted by molar-refractivity contribution is 5.05. The number of aliphatic hydroxyl groups excluding tert-OH is 1. The average Bonchev–Trinajstić information content (AvgIpc) is 3.12. The van der Waals surface area contributed by atoms with Gasteiger partial charge in [-0.25, -0.2) is 0 Å². The number of β-amino-alcohol motifs (C(OH)–C–C–N with tert-alkyl or cyclic N) is 1. The van der Waals surface area contributed by atoms with Crippen LogP contribution in [0, 0.1) is 0 Å². The number of aliphatic hydroxyl groups is 1. The molecule has 1 aliphatic carbocycles. The fourth-order valence-electron chi connectivity index (χ4n) is 3.38. The highest BCUT2D eigenvalue weighted by atomic mass is 16.5. The van der Waals surface area contributed by atoms with Crippen LogP contribution in [0.25, 0.3) is 0 Å². The molecule has 2 aromatic heterocycles. The number of furan rings is 1. The number of likely N-dealkylation sites (tertiary alicyclic amines) is 1. The summed E-state index contributed by atoms with van der Waals surface area (Å²) in [5.74, 6) is 3.19. The molecule has 0 bridgehead atoms. The molecule has 4 rings (SSSR count). The van der Waals surface area contributed by atoms with Crippen molar-refractivity contribution in [3.05, 3.63) is 35.9 Å². The smallest absolute Gasteiger partial charge is 0.229 e. The summed E-state index contributed by atoms with van der Waals surface area (Å²) < 4.78 is 16.1. The van der Waals surface area contributed by atoms with Crippen LogP contribution in [0.15, 0.2) is 27.3 Å². The van der Waals surface area contributed by atoms with Crippen molar-refractivity contribution in [2.75, 3.05) is 26.2 Å². The van der Waals surface area contributed by atoms with Crippen LogP contribution < -0.4 is 0 Å². The van der Waals surface area contributed by atoms with Gasteiger partial charge in [0.05, 0.1) is 19.0 Å². The predicted octanol–water partition coefficient (Wildman–Crippen LogP) is 2.30. The topological polar surface area (TPSA) is 84.8 Å². The van der Waals surface area contributed by atoms with Crippen molar-refractivity contribution in [1.29, 1.82) is 0 Å². The second kappa shape index (κ2) is 7.68. The Bertz CT molecular complexity index is 653. The van der Waals surface area contributed by atoms with E-state index >= 15 is 0 Å². The third kappa shape index (κ3) is 4.48. The summed E-state index contributed by atoms with van der Waals surface area (Å²) in [5.41, 5.74) is 0. The van der Waals surface area contributed by atoms with Gasteiger partial charge >= 0.3 is 0 Å². The summed E-state index contributed by atoms with van der Waals surface area (Å²) in [6, 6.07) is 3.69. The molecule has 2 aromatic rings. The minimum atomic E-state index is -0.513. The van der Waals surface area contributed by atoms with E-state index in [4.69, 9.17) is 13.7 Å². The second-order valence-corrected chi connectivity index (χ2v) is 7.11. The number of ether oxygens (including phenoxy) is 1. The molecule has 2 aliphatic rings. The lowest BCUT2D eigenvalue weighted by atomic mass is 9.97. The molecule has 1 N–H and O–H groups in total. The molecule has 2 unspecified atom stereocenters. The van der Waals surface area contributed by atoms with Crippen LogP contribution in [0.2, 0.25) is 0 Å². The maximum Gasteiger partial charge on any atom is 0.229 e. The largest absolute Gasteiger partial charge is 0.467 e. The lowest BCUT2D eigenvalue weighted by Crippen LogP contribution is -2.41. The molecule has 0 spiro atoms. The SMILES string of the molecule is OC(COCc1ccco1)CN1CCCC(c2noc(C3CC3)n2)C1. The summed E-state index contributed by atoms with van der Waals surface area (Å²) in [6.45, 7) is 3.13. The third-order valence-electron chi connectivity index (χ3n) is 4.86. The summed E-state index contributed by atoms with van der Waals surface area (Å²) in [7, 11) is 0. The molecule has 1 aliphatic heterocycles. The van der Waals surface area contributed by atoms with Gasteiger partial charge in [-0.2, -0.15) is 4.98 Å². The monoisotopic (exact) mass is 347 g/mol. The number of hydrogen-bond donors (Lipinski definition) is 1. The molecule has 7 heteroatoms. The summed E-state index contributed by atoms with van der Waals surface area (Å²) >= 11 is 0. The van der Waals surface area contributed by atoms with Crippen LogP contribution in [0.1, 0.15) is 55.0 Å². The molecule has 25 heavy (non-hydrogen) atoms. The van der Waals surface area contributed by atoms with E-state index in [1.165, 1.54) is 12.8 Å². The Labute approximate surface area is 147 Å². The van der Waals surface area contributed by atoms with Gasteiger partial charge in [-0.1, -0.05) is 5.16 Å². The van der Waals surface area contributed by atoms with Crippen molar-refractivity contribution < 1.29 is 18.8 Å². The molecule has 2 fully saturated rings. The van der Waals surface area contributed by atoms with Crippen molar-refractivity contribution in [1.82, 2.24) is 15.0 Å². The van der Waals surface area contributed by atoms with Gasteiger partial charge in [-0.05, 0) is 44.4 Å². The summed E-state index contributed by atoms with van der Waals surface area (Å²) in [5, 5.41) is 14.4. The highest BCUT2D eigenvalue weighted by Crippen LogP contribution is 2.39. The van der Waals surface area contributed by atoms with Crippen LogP contribution >= 0.6 is 0 Å². The zero-order valence-corrected chi connectivity index (χ0v) is 14.3. The minimum Gasteiger partial charge on any atom is -0.467 e. The minimum absolute atomic E-state index is 0.293. The zero-order chi connectivity index (χ0) is 17.1. The number of aromatic nitrogens is 2. The van der Waals surface area contributed by atoms with E-state index in [9.17, 15) is 5.11 Å². The van der Waals surface area contributed by atoms with Crippen molar-refractivity contribution in [3.8, 4) is 0 Å². The molecule has 136 valence electrons. The van der Waals surface area contributed by atoms with Gasteiger partial charge in [0, 0.05) is 24.9 Å². The third-order valence-corrected chi connectivity index (χ3v) is 4.86. The van der Waals surface area contributed by atoms with Crippen LogP contribution in [-0.4, -0.2) is 52.5 Å².